The highest BCUT2D eigenvalue weighted by Crippen LogP contribution is 2.48. The van der Waals surface area contributed by atoms with Crippen molar-refractivity contribution in [1.82, 2.24) is 9.97 Å². The average molecular weight is 787 g/mol. The van der Waals surface area contributed by atoms with Gasteiger partial charge in [-0.15, -0.1) is 0 Å². The van der Waals surface area contributed by atoms with Crippen LogP contribution in [0.3, 0.4) is 0 Å². The largest absolute Gasteiger partial charge is 0.228 e. The van der Waals surface area contributed by atoms with E-state index in [-0.39, 0.29) is 0 Å². The molecule has 2 nitrogen and oxygen atoms in total. The lowest BCUT2D eigenvalue weighted by Gasteiger charge is -2.21. The van der Waals surface area contributed by atoms with Gasteiger partial charge in [0.25, 0.3) is 0 Å². The molecule has 12 aromatic rings. The Labute approximate surface area is 360 Å². The van der Waals surface area contributed by atoms with E-state index >= 15 is 0 Å². The molecule has 0 spiro atoms. The molecule has 0 radical (unpaired) electrons. The molecule has 0 aliphatic heterocycles. The molecule has 12 rings (SSSR count). The summed E-state index contributed by atoms with van der Waals surface area (Å²) < 4.78 is 0. The number of fused-ring (bicyclic) bond motifs is 6. The molecule has 0 saturated carbocycles. The van der Waals surface area contributed by atoms with Gasteiger partial charge in [0.1, 0.15) is 0 Å². The number of nitrogens with zero attached hydrogens (tertiary/aromatic N) is 2. The number of aromatic nitrogens is 2. The first-order chi connectivity index (χ1) is 30.8. The first-order valence-electron chi connectivity index (χ1n) is 21.2. The van der Waals surface area contributed by atoms with Crippen LogP contribution in [-0.4, -0.2) is 9.97 Å². The molecule has 0 fully saturated rings. The van der Waals surface area contributed by atoms with Crippen molar-refractivity contribution in [3.63, 3.8) is 0 Å². The van der Waals surface area contributed by atoms with Gasteiger partial charge in [-0.3, -0.25) is 0 Å². The first kappa shape index (κ1) is 35.7. The summed E-state index contributed by atoms with van der Waals surface area (Å²) in [5, 5.41) is 12.2. The van der Waals surface area contributed by atoms with E-state index in [1.54, 1.807) is 0 Å². The lowest BCUT2D eigenvalue weighted by molar-refractivity contribution is 1.18. The zero-order valence-corrected chi connectivity index (χ0v) is 33.8. The Morgan fingerprint density at radius 1 is 0.242 bits per heavy atom. The van der Waals surface area contributed by atoms with Gasteiger partial charge < -0.3 is 0 Å². The third-order valence-corrected chi connectivity index (χ3v) is 12.5. The summed E-state index contributed by atoms with van der Waals surface area (Å²) in [6, 6.07) is 83.0. The molecule has 0 atom stereocenters. The van der Waals surface area contributed by atoms with Crippen molar-refractivity contribution < 1.29 is 0 Å². The van der Waals surface area contributed by atoms with Gasteiger partial charge in [-0.25, -0.2) is 9.97 Å². The van der Waals surface area contributed by atoms with Crippen molar-refractivity contribution in [3.05, 3.63) is 231 Å². The minimum Gasteiger partial charge on any atom is -0.228 e. The molecule has 62 heavy (non-hydrogen) atoms. The van der Waals surface area contributed by atoms with Crippen molar-refractivity contribution in [2.45, 2.75) is 0 Å². The van der Waals surface area contributed by atoms with Crippen molar-refractivity contribution >= 4 is 53.9 Å². The van der Waals surface area contributed by atoms with Crippen LogP contribution in [-0.2, 0) is 0 Å². The Morgan fingerprint density at radius 3 is 1.52 bits per heavy atom. The molecule has 0 aliphatic carbocycles. The Balaban J connectivity index is 1.10. The quantitative estimate of drug-likeness (QED) is 0.124. The van der Waals surface area contributed by atoms with Crippen LogP contribution in [0.5, 0.6) is 0 Å². The SMILES string of the molecule is c1ccc(-c2nc(-c3cccc(-c4cccc5ccccc45)c3)cc(-c3ccc(-c4c5ccccc5c(-c5ccccc5)c5ccc6ccccc6c45)c4ccccc34)n2)cc1. The summed E-state index contributed by atoms with van der Waals surface area (Å²) in [6.45, 7) is 0. The predicted molar refractivity (Wildman–Crippen MR) is 262 cm³/mol. The van der Waals surface area contributed by atoms with Gasteiger partial charge in [0.05, 0.1) is 11.4 Å². The van der Waals surface area contributed by atoms with E-state index in [2.05, 4.69) is 224 Å². The molecule has 0 amide bonds. The highest BCUT2D eigenvalue weighted by atomic mass is 14.9. The van der Waals surface area contributed by atoms with Crippen molar-refractivity contribution in [2.24, 2.45) is 0 Å². The number of hydrogen-bond acceptors (Lipinski definition) is 2. The van der Waals surface area contributed by atoms with Crippen molar-refractivity contribution in [1.29, 1.82) is 0 Å². The maximum absolute atomic E-state index is 5.35. The zero-order valence-electron chi connectivity index (χ0n) is 33.8. The van der Waals surface area contributed by atoms with E-state index in [0.29, 0.717) is 5.82 Å². The third kappa shape index (κ3) is 5.96. The minimum absolute atomic E-state index is 0.696. The smallest absolute Gasteiger partial charge is 0.160 e. The van der Waals surface area contributed by atoms with Gasteiger partial charge in [-0.1, -0.05) is 218 Å². The van der Waals surface area contributed by atoms with Gasteiger partial charge in [0, 0.05) is 16.7 Å². The zero-order chi connectivity index (χ0) is 41.0. The molecule has 11 aromatic carbocycles. The van der Waals surface area contributed by atoms with Crippen molar-refractivity contribution in [2.75, 3.05) is 0 Å². The van der Waals surface area contributed by atoms with E-state index in [1.807, 2.05) is 6.07 Å². The topological polar surface area (TPSA) is 25.8 Å². The Morgan fingerprint density at radius 2 is 0.758 bits per heavy atom. The Kier molecular flexibility index (Phi) is 8.53. The second-order valence-corrected chi connectivity index (χ2v) is 16.0. The lowest BCUT2D eigenvalue weighted by atomic mass is 9.82. The summed E-state index contributed by atoms with van der Waals surface area (Å²) in [5.74, 6) is 0.696. The highest BCUT2D eigenvalue weighted by molar-refractivity contribution is 6.29. The molecule has 0 N–H and O–H groups in total. The van der Waals surface area contributed by atoms with Crippen LogP contribution < -0.4 is 0 Å². The van der Waals surface area contributed by atoms with Crippen LogP contribution in [0.1, 0.15) is 0 Å². The number of rotatable bonds is 6. The molecule has 0 unspecified atom stereocenters. The summed E-state index contributed by atoms with van der Waals surface area (Å²) >= 11 is 0. The molecule has 0 bridgehead atoms. The van der Waals surface area contributed by atoms with Gasteiger partial charge in [-0.2, -0.15) is 0 Å². The number of hydrogen-bond donors (Lipinski definition) is 0. The second kappa shape index (κ2) is 14.8. The molecule has 288 valence electrons. The van der Waals surface area contributed by atoms with E-state index in [4.69, 9.17) is 9.97 Å². The van der Waals surface area contributed by atoms with E-state index in [0.717, 1.165) is 39.0 Å². The standard InChI is InChI=1S/C60H38N2/c1-3-19-41(20-4-1)57-51-30-13-14-31-52(51)59(58-47-27-10-8-18-40(47)33-34-54(57)58)53-36-35-50(48-28-11-12-29-49(48)53)56-38-55(61-60(62-56)42-21-5-2-6-22-42)44-25-15-24-43(37-44)46-32-16-23-39-17-7-9-26-45(39)46/h1-38H. The van der Waals surface area contributed by atoms with E-state index in [1.165, 1.54) is 76.3 Å². The monoisotopic (exact) mass is 786 g/mol. The number of benzene rings is 11. The fraction of sp³-hybridized carbons (Fsp3) is 0. The fourth-order valence-corrected chi connectivity index (χ4v) is 9.66. The molecular formula is C60H38N2. The highest BCUT2D eigenvalue weighted by Gasteiger charge is 2.22. The summed E-state index contributed by atoms with van der Waals surface area (Å²) in [7, 11) is 0. The minimum atomic E-state index is 0.696. The average Bonchev–Trinajstić information content (AvgIpc) is 3.35. The summed E-state index contributed by atoms with van der Waals surface area (Å²) in [4.78, 5) is 10.6. The predicted octanol–water partition coefficient (Wildman–Crippen LogP) is 16.2. The molecule has 1 aromatic heterocycles. The Bertz CT molecular complexity index is 3680. The summed E-state index contributed by atoms with van der Waals surface area (Å²) in [5.41, 5.74) is 12.1. The van der Waals surface area contributed by atoms with Crippen LogP contribution in [0.25, 0.3) is 121 Å². The van der Waals surface area contributed by atoms with Gasteiger partial charge in [-0.05, 0) is 99.4 Å². The first-order valence-corrected chi connectivity index (χ1v) is 21.2. The molecule has 2 heteroatoms. The summed E-state index contributed by atoms with van der Waals surface area (Å²) in [6.07, 6.45) is 0. The normalized spacial score (nSPS) is 11.5. The maximum atomic E-state index is 5.35. The second-order valence-electron chi connectivity index (χ2n) is 16.0. The molecular weight excluding hydrogens is 749 g/mol. The van der Waals surface area contributed by atoms with Crippen LogP contribution in [0.4, 0.5) is 0 Å². The molecule has 0 aliphatic rings. The van der Waals surface area contributed by atoms with Gasteiger partial charge in [0.2, 0.25) is 0 Å². The van der Waals surface area contributed by atoms with E-state index in [9.17, 15) is 0 Å². The van der Waals surface area contributed by atoms with Gasteiger partial charge >= 0.3 is 0 Å². The molecule has 1 heterocycles. The maximum Gasteiger partial charge on any atom is 0.160 e. The third-order valence-electron chi connectivity index (χ3n) is 12.5. The van der Waals surface area contributed by atoms with Crippen LogP contribution in [0.15, 0.2) is 231 Å². The van der Waals surface area contributed by atoms with Crippen LogP contribution in [0, 0.1) is 0 Å². The fourth-order valence-electron chi connectivity index (χ4n) is 9.66. The van der Waals surface area contributed by atoms with E-state index < -0.39 is 0 Å². The Hall–Kier alpha value is -8.20. The lowest BCUT2D eigenvalue weighted by Crippen LogP contribution is -1.97. The van der Waals surface area contributed by atoms with Crippen LogP contribution >= 0.6 is 0 Å². The van der Waals surface area contributed by atoms with Gasteiger partial charge in [0.15, 0.2) is 5.82 Å². The van der Waals surface area contributed by atoms with Crippen LogP contribution in [0.2, 0.25) is 0 Å². The molecule has 0 saturated heterocycles. The van der Waals surface area contributed by atoms with Crippen molar-refractivity contribution in [3.8, 4) is 67.3 Å².